The fraction of sp³-hybridized carbons (Fsp3) is 0.167. The maximum absolute atomic E-state index is 12.3. The highest BCUT2D eigenvalue weighted by Gasteiger charge is 2.16. The minimum absolute atomic E-state index is 0.0765. The van der Waals surface area contributed by atoms with E-state index in [-0.39, 0.29) is 12.5 Å². The van der Waals surface area contributed by atoms with Crippen LogP contribution in [0.1, 0.15) is 16.1 Å². The van der Waals surface area contributed by atoms with E-state index in [9.17, 15) is 9.59 Å². The molecule has 0 aliphatic heterocycles. The molecule has 0 saturated heterocycles. The number of aromatic nitrogens is 2. The van der Waals surface area contributed by atoms with Gasteiger partial charge >= 0.3 is 5.97 Å². The average Bonchev–Trinajstić information content (AvgIpc) is 2.93. The van der Waals surface area contributed by atoms with Crippen LogP contribution < -0.4 is 5.32 Å². The molecular formula is C18H17N3O3. The average molecular weight is 323 g/mol. The lowest BCUT2D eigenvalue weighted by atomic mass is 10.2. The monoisotopic (exact) mass is 323 g/mol. The summed E-state index contributed by atoms with van der Waals surface area (Å²) in [5.41, 5.74) is 2.06. The van der Waals surface area contributed by atoms with E-state index in [0.717, 1.165) is 16.6 Å². The summed E-state index contributed by atoms with van der Waals surface area (Å²) in [6.07, 6.45) is 1.64. The highest BCUT2D eigenvalue weighted by atomic mass is 16.5. The van der Waals surface area contributed by atoms with Crippen LogP contribution in [-0.4, -0.2) is 28.5 Å². The zero-order chi connectivity index (χ0) is 17.1. The molecule has 122 valence electrons. The third-order valence-corrected chi connectivity index (χ3v) is 3.66. The number of rotatable bonds is 4. The van der Waals surface area contributed by atoms with Gasteiger partial charge in [0.1, 0.15) is 12.4 Å². The number of hydrogen-bond donors (Lipinski definition) is 1. The summed E-state index contributed by atoms with van der Waals surface area (Å²) < 4.78 is 6.54. The maximum Gasteiger partial charge on any atom is 0.340 e. The van der Waals surface area contributed by atoms with Crippen molar-refractivity contribution in [1.29, 1.82) is 0 Å². The first-order valence-electron chi connectivity index (χ1n) is 7.48. The molecule has 0 aliphatic rings. The van der Waals surface area contributed by atoms with Gasteiger partial charge in [0, 0.05) is 22.8 Å². The lowest BCUT2D eigenvalue weighted by Crippen LogP contribution is -2.19. The predicted octanol–water partition coefficient (Wildman–Crippen LogP) is 2.77. The first kappa shape index (κ1) is 15.7. The van der Waals surface area contributed by atoms with Crippen LogP contribution in [0.25, 0.3) is 10.9 Å². The molecule has 2 aromatic heterocycles. The minimum Gasteiger partial charge on any atom is -0.465 e. The SMILES string of the molecule is COC(=O)c1cn(CC(=O)Nc2cccc(C)n2)c2ccccc12. The van der Waals surface area contributed by atoms with Crippen molar-refractivity contribution < 1.29 is 14.3 Å². The van der Waals surface area contributed by atoms with Crippen LogP contribution in [0.5, 0.6) is 0 Å². The number of anilines is 1. The summed E-state index contributed by atoms with van der Waals surface area (Å²) in [7, 11) is 1.34. The zero-order valence-corrected chi connectivity index (χ0v) is 13.4. The number of methoxy groups -OCH3 is 1. The molecule has 1 amide bonds. The Morgan fingerprint density at radius 2 is 1.96 bits per heavy atom. The second-order valence-corrected chi connectivity index (χ2v) is 5.39. The van der Waals surface area contributed by atoms with Gasteiger partial charge in [-0.15, -0.1) is 0 Å². The minimum atomic E-state index is -0.425. The molecular weight excluding hydrogens is 306 g/mol. The van der Waals surface area contributed by atoms with Gasteiger partial charge in [-0.3, -0.25) is 4.79 Å². The fourth-order valence-corrected chi connectivity index (χ4v) is 2.60. The number of carbonyl (C=O) groups is 2. The number of nitrogens with zero attached hydrogens (tertiary/aromatic N) is 2. The molecule has 2 heterocycles. The summed E-state index contributed by atoms with van der Waals surface area (Å²) >= 11 is 0. The van der Waals surface area contributed by atoms with Gasteiger partial charge in [0.25, 0.3) is 0 Å². The topological polar surface area (TPSA) is 73.2 Å². The maximum atomic E-state index is 12.3. The molecule has 0 bridgehead atoms. The number of ether oxygens (including phenoxy) is 1. The van der Waals surface area contributed by atoms with Crippen LogP contribution in [0.2, 0.25) is 0 Å². The van der Waals surface area contributed by atoms with E-state index in [1.165, 1.54) is 7.11 Å². The number of aryl methyl sites for hydroxylation is 1. The largest absolute Gasteiger partial charge is 0.465 e. The van der Waals surface area contributed by atoms with E-state index in [1.807, 2.05) is 43.3 Å². The molecule has 1 aromatic carbocycles. The Bertz CT molecular complexity index is 915. The molecule has 24 heavy (non-hydrogen) atoms. The van der Waals surface area contributed by atoms with Gasteiger partial charge in [0.05, 0.1) is 12.7 Å². The molecule has 3 rings (SSSR count). The quantitative estimate of drug-likeness (QED) is 0.749. The number of benzene rings is 1. The van der Waals surface area contributed by atoms with E-state index in [0.29, 0.717) is 11.4 Å². The molecule has 0 saturated carbocycles. The predicted molar refractivity (Wildman–Crippen MR) is 90.9 cm³/mol. The van der Waals surface area contributed by atoms with Crippen molar-refractivity contribution in [1.82, 2.24) is 9.55 Å². The number of fused-ring (bicyclic) bond motifs is 1. The molecule has 0 radical (unpaired) electrons. The lowest BCUT2D eigenvalue weighted by Gasteiger charge is -2.07. The van der Waals surface area contributed by atoms with E-state index < -0.39 is 5.97 Å². The van der Waals surface area contributed by atoms with Crippen molar-refractivity contribution in [2.24, 2.45) is 0 Å². The number of pyridine rings is 1. The van der Waals surface area contributed by atoms with Crippen molar-refractivity contribution in [3.05, 3.63) is 59.9 Å². The van der Waals surface area contributed by atoms with Crippen molar-refractivity contribution in [3.8, 4) is 0 Å². The zero-order valence-electron chi connectivity index (χ0n) is 13.4. The van der Waals surface area contributed by atoms with E-state index in [4.69, 9.17) is 4.74 Å². The van der Waals surface area contributed by atoms with Gasteiger partial charge < -0.3 is 14.6 Å². The van der Waals surface area contributed by atoms with Gasteiger partial charge in [-0.05, 0) is 25.1 Å². The van der Waals surface area contributed by atoms with E-state index >= 15 is 0 Å². The van der Waals surface area contributed by atoms with Crippen LogP contribution in [0.15, 0.2) is 48.7 Å². The second-order valence-electron chi connectivity index (χ2n) is 5.39. The number of esters is 1. The second kappa shape index (κ2) is 6.54. The Balaban J connectivity index is 1.87. The Morgan fingerprint density at radius 1 is 1.17 bits per heavy atom. The fourth-order valence-electron chi connectivity index (χ4n) is 2.60. The molecule has 0 fully saturated rings. The van der Waals surface area contributed by atoms with Crippen molar-refractivity contribution in [2.75, 3.05) is 12.4 Å². The summed E-state index contributed by atoms with van der Waals surface area (Å²) in [4.78, 5) is 28.5. The highest BCUT2D eigenvalue weighted by Crippen LogP contribution is 2.22. The lowest BCUT2D eigenvalue weighted by molar-refractivity contribution is -0.116. The van der Waals surface area contributed by atoms with Gasteiger partial charge in [-0.25, -0.2) is 9.78 Å². The number of para-hydroxylation sites is 1. The van der Waals surface area contributed by atoms with Crippen LogP contribution in [-0.2, 0) is 16.1 Å². The smallest absolute Gasteiger partial charge is 0.340 e. The summed E-state index contributed by atoms with van der Waals surface area (Å²) in [5.74, 6) is -0.138. The third kappa shape index (κ3) is 3.12. The molecule has 6 heteroatoms. The first-order valence-corrected chi connectivity index (χ1v) is 7.48. The number of hydrogen-bond acceptors (Lipinski definition) is 4. The Labute approximate surface area is 139 Å². The Kier molecular flexibility index (Phi) is 4.29. The van der Waals surface area contributed by atoms with Crippen LogP contribution in [0.4, 0.5) is 5.82 Å². The molecule has 1 N–H and O–H groups in total. The first-order chi connectivity index (χ1) is 11.6. The van der Waals surface area contributed by atoms with E-state index in [2.05, 4.69) is 10.3 Å². The molecule has 0 spiro atoms. The van der Waals surface area contributed by atoms with Crippen molar-refractivity contribution in [2.45, 2.75) is 13.5 Å². The molecule has 3 aromatic rings. The van der Waals surface area contributed by atoms with Crippen molar-refractivity contribution in [3.63, 3.8) is 0 Å². The standard InChI is InChI=1S/C18H17N3O3/c1-12-6-5-9-16(19-12)20-17(22)11-21-10-14(18(23)24-2)13-7-3-4-8-15(13)21/h3-10H,11H2,1-2H3,(H,19,20,22). The Morgan fingerprint density at radius 3 is 2.71 bits per heavy atom. The Hall–Kier alpha value is -3.15. The van der Waals surface area contributed by atoms with Crippen molar-refractivity contribution >= 4 is 28.6 Å². The molecule has 0 atom stereocenters. The van der Waals surface area contributed by atoms with Gasteiger partial charge in [-0.1, -0.05) is 24.3 Å². The van der Waals surface area contributed by atoms with Crippen LogP contribution >= 0.6 is 0 Å². The molecule has 6 nitrogen and oxygen atoms in total. The summed E-state index contributed by atoms with van der Waals surface area (Å²) in [6, 6.07) is 12.8. The molecule has 0 aliphatic carbocycles. The van der Waals surface area contributed by atoms with Crippen LogP contribution in [0, 0.1) is 6.92 Å². The van der Waals surface area contributed by atoms with Gasteiger partial charge in [-0.2, -0.15) is 0 Å². The third-order valence-electron chi connectivity index (χ3n) is 3.66. The summed E-state index contributed by atoms with van der Waals surface area (Å²) in [5, 5.41) is 3.52. The molecule has 0 unspecified atom stereocenters. The normalized spacial score (nSPS) is 10.6. The van der Waals surface area contributed by atoms with Gasteiger partial charge in [0.2, 0.25) is 5.91 Å². The number of carbonyl (C=O) groups excluding carboxylic acids is 2. The van der Waals surface area contributed by atoms with E-state index in [1.54, 1.807) is 16.8 Å². The summed E-state index contributed by atoms with van der Waals surface area (Å²) in [6.45, 7) is 1.94. The van der Waals surface area contributed by atoms with Gasteiger partial charge in [0.15, 0.2) is 0 Å². The number of nitrogens with one attached hydrogen (secondary N) is 1. The van der Waals surface area contributed by atoms with Crippen LogP contribution in [0.3, 0.4) is 0 Å². The highest BCUT2D eigenvalue weighted by molar-refractivity contribution is 6.04. The number of amides is 1.